The number of rotatable bonds is 6. The summed E-state index contributed by atoms with van der Waals surface area (Å²) in [4.78, 5) is 38.0. The van der Waals surface area contributed by atoms with Crippen LogP contribution >= 0.6 is 11.6 Å². The summed E-state index contributed by atoms with van der Waals surface area (Å²) in [5, 5.41) is 5.46. The molecule has 8 heteroatoms. The maximum Gasteiger partial charge on any atom is 0.408 e. The molecular formula is C23H26ClFN2O4. The molecule has 31 heavy (non-hydrogen) atoms. The minimum atomic E-state index is -0.940. The summed E-state index contributed by atoms with van der Waals surface area (Å²) in [6, 6.07) is 8.92. The lowest BCUT2D eigenvalue weighted by molar-refractivity contribution is -0.119. The van der Waals surface area contributed by atoms with Crippen LogP contribution in [0.5, 0.6) is 0 Å². The molecule has 0 aliphatic rings. The highest BCUT2D eigenvalue weighted by molar-refractivity contribution is 6.31. The molecule has 0 bridgehead atoms. The number of carbonyl (C=O) groups excluding carboxylic acids is 3. The van der Waals surface area contributed by atoms with E-state index in [2.05, 4.69) is 10.6 Å². The SMILES string of the molecule is CC(C)C(NC(=O)OC(C)(C)C)C(=O)Nc1cc(Cl)ccc1C(=O)c1ccccc1F. The van der Waals surface area contributed by atoms with Gasteiger partial charge < -0.3 is 15.4 Å². The van der Waals surface area contributed by atoms with Crippen LogP contribution in [0.2, 0.25) is 5.02 Å². The molecule has 0 radical (unpaired) electrons. The van der Waals surface area contributed by atoms with E-state index in [4.69, 9.17) is 16.3 Å². The molecule has 2 N–H and O–H groups in total. The van der Waals surface area contributed by atoms with Crippen LogP contribution in [0.25, 0.3) is 0 Å². The minimum Gasteiger partial charge on any atom is -0.444 e. The number of carbonyl (C=O) groups is 3. The standard InChI is InChI=1S/C23H26ClFN2O4/c1-13(2)19(27-22(30)31-23(3,4)5)21(29)26-18-12-14(24)10-11-16(18)20(28)15-8-6-7-9-17(15)25/h6-13,19H,1-5H3,(H,26,29)(H,27,30). The van der Waals surface area contributed by atoms with Gasteiger partial charge in [0.15, 0.2) is 5.78 Å². The van der Waals surface area contributed by atoms with E-state index in [0.717, 1.165) is 0 Å². The van der Waals surface area contributed by atoms with E-state index < -0.39 is 35.2 Å². The predicted molar refractivity (Wildman–Crippen MR) is 118 cm³/mol. The third kappa shape index (κ3) is 6.79. The molecule has 0 saturated heterocycles. The van der Waals surface area contributed by atoms with E-state index in [9.17, 15) is 18.8 Å². The maximum atomic E-state index is 14.1. The zero-order valence-electron chi connectivity index (χ0n) is 18.1. The molecule has 0 aliphatic carbocycles. The van der Waals surface area contributed by atoms with Crippen molar-refractivity contribution >= 4 is 35.1 Å². The van der Waals surface area contributed by atoms with Crippen LogP contribution < -0.4 is 10.6 Å². The fourth-order valence-electron chi connectivity index (χ4n) is 2.79. The molecule has 6 nitrogen and oxygen atoms in total. The number of ketones is 1. The first-order valence-electron chi connectivity index (χ1n) is 9.78. The van der Waals surface area contributed by atoms with Gasteiger partial charge in [-0.3, -0.25) is 9.59 Å². The van der Waals surface area contributed by atoms with Gasteiger partial charge in [-0.15, -0.1) is 0 Å². The second kappa shape index (κ2) is 9.92. The van der Waals surface area contributed by atoms with Gasteiger partial charge in [-0.2, -0.15) is 0 Å². The van der Waals surface area contributed by atoms with Crippen LogP contribution in [-0.2, 0) is 9.53 Å². The number of hydrogen-bond acceptors (Lipinski definition) is 4. The van der Waals surface area contributed by atoms with E-state index in [-0.39, 0.29) is 27.8 Å². The van der Waals surface area contributed by atoms with Crippen molar-refractivity contribution in [3.05, 3.63) is 64.4 Å². The monoisotopic (exact) mass is 448 g/mol. The third-order valence-corrected chi connectivity index (χ3v) is 4.46. The van der Waals surface area contributed by atoms with E-state index in [0.29, 0.717) is 0 Å². The van der Waals surface area contributed by atoms with Gasteiger partial charge in [-0.25, -0.2) is 9.18 Å². The fourth-order valence-corrected chi connectivity index (χ4v) is 2.96. The molecule has 166 valence electrons. The van der Waals surface area contributed by atoms with Crippen molar-refractivity contribution in [2.24, 2.45) is 5.92 Å². The number of amides is 2. The summed E-state index contributed by atoms with van der Waals surface area (Å²) >= 11 is 6.05. The first-order chi connectivity index (χ1) is 14.4. The molecular weight excluding hydrogens is 423 g/mol. The second-order valence-electron chi connectivity index (χ2n) is 8.36. The van der Waals surface area contributed by atoms with Crippen molar-refractivity contribution in [2.45, 2.75) is 46.3 Å². The average molecular weight is 449 g/mol. The van der Waals surface area contributed by atoms with Crippen molar-refractivity contribution in [3.8, 4) is 0 Å². The Morgan fingerprint density at radius 2 is 1.68 bits per heavy atom. The van der Waals surface area contributed by atoms with Crippen LogP contribution in [0.4, 0.5) is 14.9 Å². The highest BCUT2D eigenvalue weighted by Crippen LogP contribution is 2.25. The number of anilines is 1. The van der Waals surface area contributed by atoms with E-state index >= 15 is 0 Å². The highest BCUT2D eigenvalue weighted by atomic mass is 35.5. The lowest BCUT2D eigenvalue weighted by atomic mass is 10.00. The molecule has 2 rings (SSSR count). The van der Waals surface area contributed by atoms with E-state index in [1.165, 1.54) is 36.4 Å². The van der Waals surface area contributed by atoms with Crippen LogP contribution in [-0.4, -0.2) is 29.4 Å². The predicted octanol–water partition coefficient (Wildman–Crippen LogP) is 5.20. The molecule has 0 heterocycles. The summed E-state index contributed by atoms with van der Waals surface area (Å²) < 4.78 is 19.3. The van der Waals surface area contributed by atoms with Gasteiger partial charge in [0, 0.05) is 10.6 Å². The van der Waals surface area contributed by atoms with E-state index in [1.807, 2.05) is 0 Å². The lowest BCUT2D eigenvalue weighted by Gasteiger charge is -2.25. The van der Waals surface area contributed by atoms with Gasteiger partial charge >= 0.3 is 6.09 Å². The van der Waals surface area contributed by atoms with Crippen LogP contribution in [0.15, 0.2) is 42.5 Å². The van der Waals surface area contributed by atoms with Gasteiger partial charge in [-0.1, -0.05) is 37.6 Å². The number of hydrogen-bond donors (Lipinski definition) is 2. The third-order valence-electron chi connectivity index (χ3n) is 4.22. The number of alkyl carbamates (subject to hydrolysis) is 1. The van der Waals surface area contributed by atoms with Crippen molar-refractivity contribution in [1.82, 2.24) is 5.32 Å². The molecule has 1 unspecified atom stereocenters. The molecule has 2 aromatic carbocycles. The van der Waals surface area contributed by atoms with Gasteiger partial charge in [0.2, 0.25) is 5.91 Å². The van der Waals surface area contributed by atoms with E-state index in [1.54, 1.807) is 40.7 Å². The number of ether oxygens (including phenoxy) is 1. The Kier molecular flexibility index (Phi) is 7.79. The van der Waals surface area contributed by atoms with Gasteiger partial charge in [-0.05, 0) is 57.0 Å². The van der Waals surface area contributed by atoms with Crippen molar-refractivity contribution in [2.75, 3.05) is 5.32 Å². The summed E-state index contributed by atoms with van der Waals surface area (Å²) in [6.45, 7) is 8.65. The summed E-state index contributed by atoms with van der Waals surface area (Å²) in [5.74, 6) is -2.12. The minimum absolute atomic E-state index is 0.0719. The summed E-state index contributed by atoms with van der Waals surface area (Å²) in [6.07, 6.45) is -0.741. The van der Waals surface area contributed by atoms with Crippen LogP contribution in [0.1, 0.15) is 50.5 Å². The Balaban J connectivity index is 2.30. The molecule has 2 amide bonds. The number of benzene rings is 2. The number of nitrogens with one attached hydrogen (secondary N) is 2. The van der Waals surface area contributed by atoms with Gasteiger partial charge in [0.05, 0.1) is 11.3 Å². The molecule has 0 saturated carbocycles. The molecule has 0 fully saturated rings. The van der Waals surface area contributed by atoms with Gasteiger partial charge in [0.1, 0.15) is 17.5 Å². The number of halogens is 2. The zero-order valence-corrected chi connectivity index (χ0v) is 18.8. The normalized spacial score (nSPS) is 12.3. The Hall–Kier alpha value is -2.93. The average Bonchev–Trinajstić information content (AvgIpc) is 2.64. The highest BCUT2D eigenvalue weighted by Gasteiger charge is 2.28. The Bertz CT molecular complexity index is 986. The van der Waals surface area contributed by atoms with Crippen molar-refractivity contribution in [1.29, 1.82) is 0 Å². The molecule has 2 aromatic rings. The quantitative estimate of drug-likeness (QED) is 0.595. The molecule has 1 atom stereocenters. The smallest absolute Gasteiger partial charge is 0.408 e. The largest absolute Gasteiger partial charge is 0.444 e. The van der Waals surface area contributed by atoms with Crippen molar-refractivity contribution in [3.63, 3.8) is 0 Å². The zero-order chi connectivity index (χ0) is 23.3. The first kappa shape index (κ1) is 24.3. The van der Waals surface area contributed by atoms with Gasteiger partial charge in [0.25, 0.3) is 0 Å². The van der Waals surface area contributed by atoms with Crippen LogP contribution in [0, 0.1) is 11.7 Å². The first-order valence-corrected chi connectivity index (χ1v) is 10.2. The molecule has 0 aliphatic heterocycles. The fraction of sp³-hybridized carbons (Fsp3) is 0.348. The van der Waals surface area contributed by atoms with Crippen molar-refractivity contribution < 1.29 is 23.5 Å². The molecule has 0 aromatic heterocycles. The van der Waals surface area contributed by atoms with Crippen LogP contribution in [0.3, 0.4) is 0 Å². The topological polar surface area (TPSA) is 84.5 Å². The Morgan fingerprint density at radius 1 is 1.03 bits per heavy atom. The Morgan fingerprint density at radius 3 is 2.26 bits per heavy atom. The summed E-state index contributed by atoms with van der Waals surface area (Å²) in [5.41, 5.74) is -0.674. The maximum absolute atomic E-state index is 14.1. The second-order valence-corrected chi connectivity index (χ2v) is 8.79. The summed E-state index contributed by atoms with van der Waals surface area (Å²) in [7, 11) is 0. The lowest BCUT2D eigenvalue weighted by Crippen LogP contribution is -2.48. The Labute approximate surface area is 186 Å². The molecule has 0 spiro atoms.